The van der Waals surface area contributed by atoms with E-state index >= 15 is 0 Å². The lowest BCUT2D eigenvalue weighted by atomic mass is 10.0. The Hall–Kier alpha value is -3.49. The number of primary amides is 1. The first-order chi connectivity index (χ1) is 12.1. The average Bonchev–Trinajstić information content (AvgIpc) is 3.06. The van der Waals surface area contributed by atoms with Gasteiger partial charge in [0.2, 0.25) is 0 Å². The molecule has 1 atom stereocenters. The van der Waals surface area contributed by atoms with E-state index in [1.54, 1.807) is 12.3 Å². The molecule has 4 N–H and O–H groups in total. The number of hydrogen-bond acceptors (Lipinski definition) is 6. The van der Waals surface area contributed by atoms with E-state index in [1.165, 1.54) is 16.9 Å². The van der Waals surface area contributed by atoms with E-state index in [1.807, 2.05) is 12.1 Å². The third-order valence-corrected chi connectivity index (χ3v) is 4.11. The van der Waals surface area contributed by atoms with Gasteiger partial charge in [-0.25, -0.2) is 14.5 Å². The van der Waals surface area contributed by atoms with Crippen molar-refractivity contribution in [2.45, 2.75) is 12.5 Å². The van der Waals surface area contributed by atoms with Crippen LogP contribution in [0.1, 0.15) is 26.4 Å². The summed E-state index contributed by atoms with van der Waals surface area (Å²) >= 11 is 0. The lowest BCUT2D eigenvalue weighted by molar-refractivity contribution is 0.0929. The Morgan fingerprint density at radius 3 is 3.00 bits per heavy atom. The smallest absolute Gasteiger partial charge is 0.270 e. The second kappa shape index (κ2) is 5.86. The Kier molecular flexibility index (Phi) is 3.53. The van der Waals surface area contributed by atoms with Crippen LogP contribution >= 0.6 is 0 Å². The summed E-state index contributed by atoms with van der Waals surface area (Å²) in [5.74, 6) is -0.0937. The molecule has 0 saturated heterocycles. The summed E-state index contributed by atoms with van der Waals surface area (Å²) in [6.07, 6.45) is 5.18. The Morgan fingerprint density at radius 1 is 1.28 bits per heavy atom. The highest BCUT2D eigenvalue weighted by atomic mass is 16.2. The van der Waals surface area contributed by atoms with Gasteiger partial charge in [0.1, 0.15) is 17.1 Å². The van der Waals surface area contributed by atoms with E-state index in [9.17, 15) is 9.59 Å². The van der Waals surface area contributed by atoms with Crippen LogP contribution in [0.3, 0.4) is 0 Å². The molecule has 4 rings (SSSR count). The lowest BCUT2D eigenvalue weighted by Crippen LogP contribution is -2.44. The Labute approximate surface area is 142 Å². The van der Waals surface area contributed by atoms with E-state index in [0.29, 0.717) is 13.0 Å². The zero-order valence-corrected chi connectivity index (χ0v) is 13.1. The van der Waals surface area contributed by atoms with Crippen molar-refractivity contribution in [3.63, 3.8) is 0 Å². The molecular weight excluding hydrogens is 322 g/mol. The Morgan fingerprint density at radius 2 is 2.16 bits per heavy atom. The van der Waals surface area contributed by atoms with Crippen LogP contribution in [0.5, 0.6) is 0 Å². The van der Waals surface area contributed by atoms with Crippen LogP contribution in [0.15, 0.2) is 36.8 Å². The van der Waals surface area contributed by atoms with Gasteiger partial charge in [0.05, 0.1) is 12.2 Å². The van der Waals surface area contributed by atoms with Crippen LogP contribution in [-0.2, 0) is 6.42 Å². The second-order valence-electron chi connectivity index (χ2n) is 5.75. The molecule has 3 aromatic heterocycles. The van der Waals surface area contributed by atoms with Crippen molar-refractivity contribution in [3.8, 4) is 0 Å². The predicted molar refractivity (Wildman–Crippen MR) is 89.2 cm³/mol. The van der Waals surface area contributed by atoms with Crippen LogP contribution in [-0.4, -0.2) is 44.0 Å². The number of amides is 2. The number of anilines is 1. The Bertz CT molecular complexity index is 982. The number of hydrogen-bond donors (Lipinski definition) is 3. The van der Waals surface area contributed by atoms with E-state index < -0.39 is 5.91 Å². The molecule has 0 fully saturated rings. The SMILES string of the molecule is NC(=O)c1cnn2c(C(=O)NC3CNc4ncccc4C3)ccnc12. The quantitative estimate of drug-likeness (QED) is 0.617. The van der Waals surface area contributed by atoms with Crippen molar-refractivity contribution in [2.24, 2.45) is 5.73 Å². The van der Waals surface area contributed by atoms with Gasteiger partial charge in [-0.2, -0.15) is 5.10 Å². The van der Waals surface area contributed by atoms with Crippen molar-refractivity contribution >= 4 is 23.3 Å². The minimum Gasteiger partial charge on any atom is -0.368 e. The number of rotatable bonds is 3. The molecule has 9 nitrogen and oxygen atoms in total. The highest BCUT2D eigenvalue weighted by Crippen LogP contribution is 2.18. The van der Waals surface area contributed by atoms with Gasteiger partial charge in [-0.05, 0) is 24.1 Å². The molecule has 2 amide bonds. The number of pyridine rings is 1. The van der Waals surface area contributed by atoms with Crippen molar-refractivity contribution in [1.82, 2.24) is 24.9 Å². The molecule has 4 heterocycles. The molecule has 25 heavy (non-hydrogen) atoms. The standard InChI is InChI=1S/C16H15N7O2/c17-13(24)11-8-21-23-12(3-5-19-15(11)23)16(25)22-10-6-9-2-1-4-18-14(9)20-7-10/h1-5,8,10H,6-7H2,(H2,17,24)(H,18,20)(H,22,25). The summed E-state index contributed by atoms with van der Waals surface area (Å²) < 4.78 is 1.32. The third kappa shape index (κ3) is 2.65. The van der Waals surface area contributed by atoms with E-state index in [-0.39, 0.29) is 28.9 Å². The van der Waals surface area contributed by atoms with Crippen molar-refractivity contribution in [3.05, 3.63) is 53.6 Å². The molecule has 9 heteroatoms. The van der Waals surface area contributed by atoms with Gasteiger partial charge in [-0.1, -0.05) is 6.07 Å². The minimum atomic E-state index is -0.638. The lowest BCUT2D eigenvalue weighted by Gasteiger charge is -2.26. The second-order valence-corrected chi connectivity index (χ2v) is 5.75. The van der Waals surface area contributed by atoms with Gasteiger partial charge in [0.25, 0.3) is 11.8 Å². The fourth-order valence-corrected chi connectivity index (χ4v) is 2.92. The largest absolute Gasteiger partial charge is 0.368 e. The number of nitrogens with one attached hydrogen (secondary N) is 2. The van der Waals surface area contributed by atoms with E-state index in [2.05, 4.69) is 25.7 Å². The maximum Gasteiger partial charge on any atom is 0.270 e. The van der Waals surface area contributed by atoms with E-state index in [0.717, 1.165) is 11.4 Å². The molecule has 126 valence electrons. The van der Waals surface area contributed by atoms with Crippen LogP contribution in [0.4, 0.5) is 5.82 Å². The minimum absolute atomic E-state index is 0.0846. The monoisotopic (exact) mass is 337 g/mol. The topological polar surface area (TPSA) is 127 Å². The normalized spacial score (nSPS) is 16.1. The zero-order valence-electron chi connectivity index (χ0n) is 13.1. The molecular formula is C16H15N7O2. The summed E-state index contributed by atoms with van der Waals surface area (Å²) in [5, 5.41) is 10.2. The summed E-state index contributed by atoms with van der Waals surface area (Å²) in [5.41, 5.74) is 7.07. The molecule has 0 aromatic carbocycles. The summed E-state index contributed by atoms with van der Waals surface area (Å²) in [4.78, 5) is 32.4. The first-order valence-corrected chi connectivity index (χ1v) is 7.74. The fourth-order valence-electron chi connectivity index (χ4n) is 2.92. The van der Waals surface area contributed by atoms with Gasteiger partial charge in [0.15, 0.2) is 5.65 Å². The molecule has 0 saturated carbocycles. The number of carbonyl (C=O) groups is 2. The highest BCUT2D eigenvalue weighted by molar-refractivity contribution is 5.99. The first-order valence-electron chi connectivity index (χ1n) is 7.74. The molecule has 0 bridgehead atoms. The van der Waals surface area contributed by atoms with Gasteiger partial charge >= 0.3 is 0 Å². The van der Waals surface area contributed by atoms with E-state index in [4.69, 9.17) is 5.73 Å². The highest BCUT2D eigenvalue weighted by Gasteiger charge is 2.23. The van der Waals surface area contributed by atoms with Gasteiger partial charge in [0, 0.05) is 18.9 Å². The number of aromatic nitrogens is 4. The summed E-state index contributed by atoms with van der Waals surface area (Å²) in [6.45, 7) is 0.579. The molecule has 0 aliphatic carbocycles. The maximum atomic E-state index is 12.7. The number of nitrogens with two attached hydrogens (primary N) is 1. The summed E-state index contributed by atoms with van der Waals surface area (Å²) in [7, 11) is 0. The van der Waals surface area contributed by atoms with Crippen LogP contribution in [0, 0.1) is 0 Å². The van der Waals surface area contributed by atoms with Crippen LogP contribution in [0.2, 0.25) is 0 Å². The van der Waals surface area contributed by atoms with Crippen LogP contribution < -0.4 is 16.4 Å². The van der Waals surface area contributed by atoms with Gasteiger partial charge < -0.3 is 16.4 Å². The van der Waals surface area contributed by atoms with Gasteiger partial charge in [-0.15, -0.1) is 0 Å². The molecule has 0 radical (unpaired) electrons. The average molecular weight is 337 g/mol. The molecule has 1 aliphatic heterocycles. The third-order valence-electron chi connectivity index (χ3n) is 4.11. The number of fused-ring (bicyclic) bond motifs is 2. The molecule has 1 unspecified atom stereocenters. The first kappa shape index (κ1) is 15.1. The van der Waals surface area contributed by atoms with Crippen molar-refractivity contribution in [2.75, 3.05) is 11.9 Å². The molecule has 0 spiro atoms. The maximum absolute atomic E-state index is 12.7. The Balaban J connectivity index is 1.58. The predicted octanol–water partition coefficient (Wildman–Crippen LogP) is -0.0102. The van der Waals surface area contributed by atoms with Crippen LogP contribution in [0.25, 0.3) is 5.65 Å². The molecule has 1 aliphatic rings. The molecule has 3 aromatic rings. The summed E-state index contributed by atoms with van der Waals surface area (Å²) in [6, 6.07) is 5.31. The number of carbonyl (C=O) groups excluding carboxylic acids is 2. The van der Waals surface area contributed by atoms with Gasteiger partial charge in [-0.3, -0.25) is 9.59 Å². The van der Waals surface area contributed by atoms with Crippen molar-refractivity contribution < 1.29 is 9.59 Å². The van der Waals surface area contributed by atoms with Crippen molar-refractivity contribution in [1.29, 1.82) is 0 Å². The fraction of sp³-hybridized carbons (Fsp3) is 0.188. The zero-order chi connectivity index (χ0) is 17.4. The number of nitrogens with zero attached hydrogens (tertiary/aromatic N) is 4.